The van der Waals surface area contributed by atoms with Crippen molar-refractivity contribution in [1.82, 2.24) is 10.3 Å². The SMILES string of the molecule is Cc1csc(C(C)(C)NC(=O)C2CC2)n1. The lowest BCUT2D eigenvalue weighted by atomic mass is 10.1. The van der Waals surface area contributed by atoms with Crippen LogP contribution in [0.3, 0.4) is 0 Å². The van der Waals surface area contributed by atoms with Gasteiger partial charge in [-0.2, -0.15) is 0 Å². The van der Waals surface area contributed by atoms with E-state index in [2.05, 4.69) is 10.3 Å². The van der Waals surface area contributed by atoms with Gasteiger partial charge < -0.3 is 5.32 Å². The Balaban J connectivity index is 2.08. The molecule has 0 spiro atoms. The van der Waals surface area contributed by atoms with Gasteiger partial charge in [0.25, 0.3) is 0 Å². The highest BCUT2D eigenvalue weighted by Gasteiger charge is 2.34. The number of aryl methyl sites for hydroxylation is 1. The molecule has 0 aliphatic heterocycles. The molecular weight excluding hydrogens is 208 g/mol. The molecule has 0 atom stereocenters. The molecule has 1 aliphatic rings. The topological polar surface area (TPSA) is 42.0 Å². The molecule has 15 heavy (non-hydrogen) atoms. The van der Waals surface area contributed by atoms with Gasteiger partial charge in [0.1, 0.15) is 5.01 Å². The number of hydrogen-bond acceptors (Lipinski definition) is 3. The second kappa shape index (κ2) is 3.59. The molecular formula is C11H16N2OS. The second-order valence-corrected chi connectivity index (χ2v) is 5.54. The molecule has 1 amide bonds. The fraction of sp³-hybridized carbons (Fsp3) is 0.636. The maximum absolute atomic E-state index is 11.7. The lowest BCUT2D eigenvalue weighted by molar-refractivity contribution is -0.124. The van der Waals surface area contributed by atoms with Gasteiger partial charge in [0, 0.05) is 17.0 Å². The fourth-order valence-corrected chi connectivity index (χ4v) is 2.33. The minimum atomic E-state index is -0.335. The predicted molar refractivity (Wildman–Crippen MR) is 60.7 cm³/mol. The van der Waals surface area contributed by atoms with Gasteiger partial charge >= 0.3 is 0 Å². The molecule has 0 unspecified atom stereocenters. The maximum atomic E-state index is 11.7. The summed E-state index contributed by atoms with van der Waals surface area (Å²) in [6.45, 7) is 5.98. The lowest BCUT2D eigenvalue weighted by Crippen LogP contribution is -2.41. The van der Waals surface area contributed by atoms with Crippen molar-refractivity contribution in [2.75, 3.05) is 0 Å². The first-order valence-corrected chi connectivity index (χ1v) is 6.11. The molecule has 3 nitrogen and oxygen atoms in total. The van der Waals surface area contributed by atoms with Crippen LogP contribution in [-0.4, -0.2) is 10.9 Å². The molecule has 1 aromatic rings. The van der Waals surface area contributed by atoms with E-state index < -0.39 is 0 Å². The van der Waals surface area contributed by atoms with Crippen molar-refractivity contribution in [2.45, 2.75) is 39.2 Å². The van der Waals surface area contributed by atoms with Crippen molar-refractivity contribution in [3.63, 3.8) is 0 Å². The van der Waals surface area contributed by atoms with Gasteiger partial charge in [0.15, 0.2) is 0 Å². The van der Waals surface area contributed by atoms with Crippen molar-refractivity contribution in [3.8, 4) is 0 Å². The van der Waals surface area contributed by atoms with Crippen molar-refractivity contribution < 1.29 is 4.79 Å². The van der Waals surface area contributed by atoms with Crippen LogP contribution in [0.25, 0.3) is 0 Å². The Hall–Kier alpha value is -0.900. The van der Waals surface area contributed by atoms with Gasteiger partial charge in [-0.3, -0.25) is 4.79 Å². The van der Waals surface area contributed by atoms with Crippen LogP contribution in [0, 0.1) is 12.8 Å². The lowest BCUT2D eigenvalue weighted by Gasteiger charge is -2.23. The largest absolute Gasteiger partial charge is 0.344 e. The number of nitrogens with zero attached hydrogens (tertiary/aromatic N) is 1. The summed E-state index contributed by atoms with van der Waals surface area (Å²) in [5, 5.41) is 6.05. The van der Waals surface area contributed by atoms with E-state index >= 15 is 0 Å². The highest BCUT2D eigenvalue weighted by Crippen LogP contribution is 2.31. The predicted octanol–water partition coefficient (Wildman–Crippen LogP) is 2.21. The zero-order chi connectivity index (χ0) is 11.1. The molecule has 82 valence electrons. The molecule has 1 N–H and O–H groups in total. The summed E-state index contributed by atoms with van der Waals surface area (Å²) in [5.41, 5.74) is 0.683. The van der Waals surface area contributed by atoms with Crippen molar-refractivity contribution in [1.29, 1.82) is 0 Å². The average molecular weight is 224 g/mol. The minimum absolute atomic E-state index is 0.174. The number of carbonyl (C=O) groups excluding carboxylic acids is 1. The number of hydrogen-bond donors (Lipinski definition) is 1. The van der Waals surface area contributed by atoms with Crippen LogP contribution < -0.4 is 5.32 Å². The highest BCUT2D eigenvalue weighted by atomic mass is 32.1. The average Bonchev–Trinajstić information content (AvgIpc) is 2.88. The molecule has 1 heterocycles. The standard InChI is InChI=1S/C11H16N2OS/c1-7-6-15-10(12-7)11(2,3)13-9(14)8-4-5-8/h6,8H,4-5H2,1-3H3,(H,13,14). The minimum Gasteiger partial charge on any atom is -0.344 e. The number of aromatic nitrogens is 1. The van der Waals surface area contributed by atoms with E-state index in [1.54, 1.807) is 11.3 Å². The quantitative estimate of drug-likeness (QED) is 0.855. The molecule has 1 saturated carbocycles. The molecule has 0 aromatic carbocycles. The Morgan fingerprint density at radius 2 is 2.27 bits per heavy atom. The smallest absolute Gasteiger partial charge is 0.223 e. The van der Waals surface area contributed by atoms with Crippen LogP contribution in [0.2, 0.25) is 0 Å². The van der Waals surface area contributed by atoms with E-state index in [1.165, 1.54) is 0 Å². The number of carbonyl (C=O) groups is 1. The summed E-state index contributed by atoms with van der Waals surface area (Å²) in [6.07, 6.45) is 2.08. The Bertz CT molecular complexity index is 380. The normalized spacial score (nSPS) is 16.5. The van der Waals surface area contributed by atoms with Crippen LogP contribution in [0.1, 0.15) is 37.4 Å². The summed E-state index contributed by atoms with van der Waals surface area (Å²) < 4.78 is 0. The Morgan fingerprint density at radius 3 is 2.73 bits per heavy atom. The monoisotopic (exact) mass is 224 g/mol. The highest BCUT2D eigenvalue weighted by molar-refractivity contribution is 7.09. The molecule has 4 heteroatoms. The summed E-state index contributed by atoms with van der Waals surface area (Å²) in [4.78, 5) is 16.1. The third kappa shape index (κ3) is 2.37. The zero-order valence-electron chi connectivity index (χ0n) is 9.33. The van der Waals surface area contributed by atoms with Gasteiger partial charge in [0.2, 0.25) is 5.91 Å². The maximum Gasteiger partial charge on any atom is 0.223 e. The van der Waals surface area contributed by atoms with Crippen molar-refractivity contribution in [3.05, 3.63) is 16.1 Å². The van der Waals surface area contributed by atoms with E-state index in [0.717, 1.165) is 23.5 Å². The number of thiazole rings is 1. The van der Waals surface area contributed by atoms with E-state index in [4.69, 9.17) is 0 Å². The van der Waals surface area contributed by atoms with Crippen molar-refractivity contribution in [2.24, 2.45) is 5.92 Å². The first-order valence-electron chi connectivity index (χ1n) is 5.24. The van der Waals surface area contributed by atoms with Gasteiger partial charge in [-0.05, 0) is 33.6 Å². The Labute approximate surface area is 93.9 Å². The van der Waals surface area contributed by atoms with Crippen LogP contribution >= 0.6 is 11.3 Å². The molecule has 0 bridgehead atoms. The Morgan fingerprint density at radius 1 is 1.60 bits per heavy atom. The number of rotatable bonds is 3. The molecule has 0 radical (unpaired) electrons. The second-order valence-electron chi connectivity index (χ2n) is 4.68. The summed E-state index contributed by atoms with van der Waals surface area (Å²) in [5.74, 6) is 0.429. The van der Waals surface area contributed by atoms with E-state index in [1.807, 2.05) is 26.2 Å². The summed E-state index contributed by atoms with van der Waals surface area (Å²) in [7, 11) is 0. The van der Waals surface area contributed by atoms with Crippen LogP contribution in [0.5, 0.6) is 0 Å². The fourth-order valence-electron chi connectivity index (χ4n) is 1.45. The van der Waals surface area contributed by atoms with Crippen LogP contribution in [-0.2, 0) is 10.3 Å². The third-order valence-electron chi connectivity index (χ3n) is 2.54. The van der Waals surface area contributed by atoms with E-state index in [0.29, 0.717) is 0 Å². The zero-order valence-corrected chi connectivity index (χ0v) is 10.1. The van der Waals surface area contributed by atoms with Gasteiger partial charge in [-0.15, -0.1) is 11.3 Å². The number of amides is 1. The number of nitrogens with one attached hydrogen (secondary N) is 1. The molecule has 2 rings (SSSR count). The molecule has 1 aromatic heterocycles. The van der Waals surface area contributed by atoms with Gasteiger partial charge in [0.05, 0.1) is 5.54 Å². The van der Waals surface area contributed by atoms with Gasteiger partial charge in [-0.25, -0.2) is 4.98 Å². The summed E-state index contributed by atoms with van der Waals surface area (Å²) >= 11 is 1.60. The van der Waals surface area contributed by atoms with Crippen LogP contribution in [0.15, 0.2) is 5.38 Å². The van der Waals surface area contributed by atoms with Crippen molar-refractivity contribution >= 4 is 17.2 Å². The third-order valence-corrected chi connectivity index (χ3v) is 3.82. The first kappa shape index (κ1) is 10.6. The molecule has 0 saturated heterocycles. The summed E-state index contributed by atoms with van der Waals surface area (Å²) in [6, 6.07) is 0. The Kier molecular flexibility index (Phi) is 2.54. The molecule has 1 aliphatic carbocycles. The van der Waals surface area contributed by atoms with Gasteiger partial charge in [-0.1, -0.05) is 0 Å². The van der Waals surface area contributed by atoms with E-state index in [-0.39, 0.29) is 17.4 Å². The van der Waals surface area contributed by atoms with E-state index in [9.17, 15) is 4.79 Å². The molecule has 1 fully saturated rings. The van der Waals surface area contributed by atoms with Crippen LogP contribution in [0.4, 0.5) is 0 Å². The first-order chi connectivity index (χ1) is 6.99.